The molecule has 132 valence electrons. The minimum Gasteiger partial charge on any atom is -0.366 e. The molecule has 3 rings (SSSR count). The highest BCUT2D eigenvalue weighted by atomic mass is 32.2. The van der Waals surface area contributed by atoms with Crippen LogP contribution in [0.4, 0.5) is 4.39 Å². The standard InChI is InChI=1S/C18H24FNO3S/c1-12-9-14(19)10-15(17(20)21)16(12)18(7-3-2-4-8-18)24(22,23)11-13-5-6-13/h9-10,13H,2-8,11H2,1H3,(H2,20,21). The number of sulfone groups is 1. The van der Waals surface area contributed by atoms with Crippen molar-refractivity contribution >= 4 is 15.7 Å². The molecule has 2 fully saturated rings. The van der Waals surface area contributed by atoms with Crippen LogP contribution in [0.1, 0.15) is 66.4 Å². The fourth-order valence-corrected chi connectivity index (χ4v) is 6.90. The van der Waals surface area contributed by atoms with E-state index >= 15 is 0 Å². The molecule has 0 aliphatic heterocycles. The normalized spacial score (nSPS) is 20.8. The molecule has 1 amide bonds. The fraction of sp³-hybridized carbons (Fsp3) is 0.611. The SMILES string of the molecule is Cc1cc(F)cc(C(N)=O)c1C1(S(=O)(=O)CC2CC2)CCCCC1. The number of nitrogens with two attached hydrogens (primary N) is 1. The van der Waals surface area contributed by atoms with E-state index in [-0.39, 0.29) is 17.2 Å². The van der Waals surface area contributed by atoms with Gasteiger partial charge in [-0.3, -0.25) is 4.79 Å². The van der Waals surface area contributed by atoms with Gasteiger partial charge in [0.2, 0.25) is 5.91 Å². The number of halogens is 1. The maximum Gasteiger partial charge on any atom is 0.249 e. The predicted molar refractivity (Wildman–Crippen MR) is 90.9 cm³/mol. The van der Waals surface area contributed by atoms with Crippen molar-refractivity contribution in [2.45, 2.75) is 56.6 Å². The van der Waals surface area contributed by atoms with E-state index in [0.29, 0.717) is 24.0 Å². The molecule has 6 heteroatoms. The van der Waals surface area contributed by atoms with Crippen LogP contribution in [-0.4, -0.2) is 20.1 Å². The first-order valence-corrected chi connectivity index (χ1v) is 10.2. The lowest BCUT2D eigenvalue weighted by Crippen LogP contribution is -2.42. The molecular formula is C18H24FNO3S. The first kappa shape index (κ1) is 17.4. The van der Waals surface area contributed by atoms with Gasteiger partial charge in [-0.05, 0) is 61.8 Å². The summed E-state index contributed by atoms with van der Waals surface area (Å²) in [5.74, 6) is -0.941. The second kappa shape index (κ2) is 6.14. The topological polar surface area (TPSA) is 77.2 Å². The van der Waals surface area contributed by atoms with Crippen LogP contribution in [-0.2, 0) is 14.6 Å². The average molecular weight is 353 g/mol. The Balaban J connectivity index is 2.22. The summed E-state index contributed by atoms with van der Waals surface area (Å²) in [4.78, 5) is 11.9. The third-order valence-electron chi connectivity index (χ3n) is 5.43. The maximum absolute atomic E-state index is 13.8. The van der Waals surface area contributed by atoms with Crippen molar-refractivity contribution in [3.63, 3.8) is 0 Å². The van der Waals surface area contributed by atoms with E-state index in [1.54, 1.807) is 6.92 Å². The van der Waals surface area contributed by atoms with Crippen molar-refractivity contribution in [3.8, 4) is 0 Å². The zero-order chi connectivity index (χ0) is 17.5. The Kier molecular flexibility index (Phi) is 4.45. The van der Waals surface area contributed by atoms with E-state index in [4.69, 9.17) is 5.73 Å². The van der Waals surface area contributed by atoms with Crippen molar-refractivity contribution in [1.82, 2.24) is 0 Å². The van der Waals surface area contributed by atoms with E-state index < -0.39 is 26.3 Å². The highest BCUT2D eigenvalue weighted by molar-refractivity contribution is 7.92. The molecule has 0 aromatic heterocycles. The summed E-state index contributed by atoms with van der Waals surface area (Å²) >= 11 is 0. The number of hydrogen-bond acceptors (Lipinski definition) is 3. The summed E-state index contributed by atoms with van der Waals surface area (Å²) in [6, 6.07) is 2.40. The monoisotopic (exact) mass is 353 g/mol. The van der Waals surface area contributed by atoms with E-state index in [0.717, 1.165) is 38.2 Å². The van der Waals surface area contributed by atoms with Crippen molar-refractivity contribution in [2.75, 3.05) is 5.75 Å². The largest absolute Gasteiger partial charge is 0.366 e. The van der Waals surface area contributed by atoms with E-state index in [9.17, 15) is 17.6 Å². The highest BCUT2D eigenvalue weighted by Gasteiger charge is 2.49. The molecule has 2 aliphatic rings. The van der Waals surface area contributed by atoms with Gasteiger partial charge in [0, 0.05) is 5.56 Å². The molecule has 0 atom stereocenters. The van der Waals surface area contributed by atoms with Crippen LogP contribution in [0.3, 0.4) is 0 Å². The third-order valence-corrected chi connectivity index (χ3v) is 8.14. The lowest BCUT2D eigenvalue weighted by atomic mass is 9.79. The Morgan fingerprint density at radius 3 is 2.42 bits per heavy atom. The molecule has 2 N–H and O–H groups in total. The number of carbonyl (C=O) groups is 1. The molecule has 24 heavy (non-hydrogen) atoms. The second-order valence-corrected chi connectivity index (χ2v) is 9.63. The Morgan fingerprint density at radius 2 is 1.88 bits per heavy atom. The van der Waals surface area contributed by atoms with Gasteiger partial charge in [-0.1, -0.05) is 19.3 Å². The number of amides is 1. The maximum atomic E-state index is 13.8. The highest BCUT2D eigenvalue weighted by Crippen LogP contribution is 2.49. The lowest BCUT2D eigenvalue weighted by molar-refractivity contribution is 0.0997. The molecule has 0 unspecified atom stereocenters. The van der Waals surface area contributed by atoms with Gasteiger partial charge in [-0.2, -0.15) is 0 Å². The molecule has 0 saturated heterocycles. The van der Waals surface area contributed by atoms with Gasteiger partial charge in [-0.15, -0.1) is 0 Å². The van der Waals surface area contributed by atoms with Crippen LogP contribution >= 0.6 is 0 Å². The number of aryl methyl sites for hydroxylation is 1. The van der Waals surface area contributed by atoms with Crippen LogP contribution in [0, 0.1) is 18.7 Å². The molecule has 2 saturated carbocycles. The number of carbonyl (C=O) groups excluding carboxylic acids is 1. The van der Waals surface area contributed by atoms with Gasteiger partial charge in [0.15, 0.2) is 9.84 Å². The first-order valence-electron chi connectivity index (χ1n) is 8.59. The number of benzene rings is 1. The van der Waals surface area contributed by atoms with Crippen LogP contribution in [0.5, 0.6) is 0 Å². The van der Waals surface area contributed by atoms with E-state index in [2.05, 4.69) is 0 Å². The summed E-state index contributed by atoms with van der Waals surface area (Å²) in [5, 5.41) is 0. The van der Waals surface area contributed by atoms with Gasteiger partial charge in [0.1, 0.15) is 5.82 Å². The number of hydrogen-bond donors (Lipinski definition) is 1. The molecule has 2 aliphatic carbocycles. The molecule has 0 radical (unpaired) electrons. The van der Waals surface area contributed by atoms with Gasteiger partial charge in [-0.25, -0.2) is 12.8 Å². The van der Waals surface area contributed by atoms with Crippen LogP contribution < -0.4 is 5.73 Å². The molecule has 4 nitrogen and oxygen atoms in total. The first-order chi connectivity index (χ1) is 11.3. The van der Waals surface area contributed by atoms with Gasteiger partial charge >= 0.3 is 0 Å². The van der Waals surface area contributed by atoms with Crippen LogP contribution in [0.15, 0.2) is 12.1 Å². The smallest absolute Gasteiger partial charge is 0.249 e. The van der Waals surface area contributed by atoms with Crippen molar-refractivity contribution < 1.29 is 17.6 Å². The zero-order valence-electron chi connectivity index (χ0n) is 14.0. The van der Waals surface area contributed by atoms with Crippen LogP contribution in [0.2, 0.25) is 0 Å². The molecular weight excluding hydrogens is 329 g/mol. The Bertz CT molecular complexity index is 763. The number of rotatable bonds is 5. The van der Waals surface area contributed by atoms with Crippen LogP contribution in [0.25, 0.3) is 0 Å². The summed E-state index contributed by atoms with van der Waals surface area (Å²) in [6.45, 7) is 1.67. The van der Waals surface area contributed by atoms with Gasteiger partial charge in [0.05, 0.1) is 10.5 Å². The Labute approximate surface area is 142 Å². The van der Waals surface area contributed by atoms with Gasteiger partial charge < -0.3 is 5.73 Å². The second-order valence-electron chi connectivity index (χ2n) is 7.29. The zero-order valence-corrected chi connectivity index (χ0v) is 14.8. The van der Waals surface area contributed by atoms with Gasteiger partial charge in [0.25, 0.3) is 0 Å². The molecule has 0 bridgehead atoms. The Hall–Kier alpha value is -1.43. The summed E-state index contributed by atoms with van der Waals surface area (Å²) in [5.41, 5.74) is 6.44. The predicted octanol–water partition coefficient (Wildman–Crippen LogP) is 3.22. The van der Waals surface area contributed by atoms with Crippen molar-refractivity contribution in [1.29, 1.82) is 0 Å². The molecule has 1 aromatic carbocycles. The molecule has 0 heterocycles. The van der Waals surface area contributed by atoms with Crippen molar-refractivity contribution in [2.24, 2.45) is 11.7 Å². The number of primary amides is 1. The summed E-state index contributed by atoms with van der Waals surface area (Å²) < 4.78 is 39.4. The average Bonchev–Trinajstić information content (AvgIpc) is 3.30. The fourth-order valence-electron chi connectivity index (χ4n) is 4.14. The Morgan fingerprint density at radius 1 is 1.25 bits per heavy atom. The summed E-state index contributed by atoms with van der Waals surface area (Å²) in [7, 11) is -3.46. The molecule has 0 spiro atoms. The lowest BCUT2D eigenvalue weighted by Gasteiger charge is -2.39. The summed E-state index contributed by atoms with van der Waals surface area (Å²) in [6.07, 6.45) is 5.41. The van der Waals surface area contributed by atoms with E-state index in [1.807, 2.05) is 0 Å². The minimum atomic E-state index is -3.46. The third kappa shape index (κ3) is 2.96. The molecule has 1 aromatic rings. The van der Waals surface area contributed by atoms with Crippen molar-refractivity contribution in [3.05, 3.63) is 34.6 Å². The minimum absolute atomic E-state index is 0.0220. The quantitative estimate of drug-likeness (QED) is 0.883. The van der Waals surface area contributed by atoms with E-state index in [1.165, 1.54) is 6.07 Å².